The third kappa shape index (κ3) is 6.62. The summed E-state index contributed by atoms with van der Waals surface area (Å²) in [5.41, 5.74) is 5.32. The molecule has 0 spiro atoms. The molecule has 0 aliphatic carbocycles. The van der Waals surface area contributed by atoms with Crippen molar-refractivity contribution in [3.05, 3.63) is 54.9 Å². The number of benzene rings is 1. The highest BCUT2D eigenvalue weighted by atomic mass is 28.3. The number of aromatic nitrogens is 4. The first-order valence-electron chi connectivity index (χ1n) is 14.6. The van der Waals surface area contributed by atoms with E-state index in [2.05, 4.69) is 81.9 Å². The highest BCUT2D eigenvalue weighted by molar-refractivity contribution is 6.76. The Kier molecular flexibility index (Phi) is 8.34. The minimum absolute atomic E-state index is 0.429. The first-order valence-corrected chi connectivity index (χ1v) is 18.3. The highest BCUT2D eigenvalue weighted by Gasteiger charge is 2.19. The Balaban J connectivity index is 1.36. The topological polar surface area (TPSA) is 77.8 Å². The van der Waals surface area contributed by atoms with Crippen LogP contribution < -0.4 is 9.80 Å². The Bertz CT molecular complexity index is 1470. The predicted octanol–water partition coefficient (Wildman–Crippen LogP) is 5.15. The normalized spacial score (nSPS) is 16.5. The van der Waals surface area contributed by atoms with Crippen LogP contribution in [0, 0.1) is 0 Å². The molecule has 0 amide bonds. The van der Waals surface area contributed by atoms with Gasteiger partial charge in [0.2, 0.25) is 0 Å². The molecule has 0 atom stereocenters. The number of nitrogens with zero attached hydrogens (tertiary/aromatic N) is 6. The molecular weight excluding hydrogens is 532 g/mol. The van der Waals surface area contributed by atoms with Crippen LogP contribution in [-0.4, -0.2) is 87.0 Å². The molecule has 0 saturated carbocycles. The molecule has 0 N–H and O–H groups in total. The lowest BCUT2D eigenvalue weighted by atomic mass is 10.0. The van der Waals surface area contributed by atoms with E-state index in [-0.39, 0.29) is 0 Å². The average molecular weight is 573 g/mol. The van der Waals surface area contributed by atoms with E-state index in [1.54, 1.807) is 0 Å². The molecule has 2 fully saturated rings. The molecule has 6 rings (SSSR count). The quantitative estimate of drug-likeness (QED) is 0.201. The molecule has 2 saturated heterocycles. The smallest absolute Gasteiger partial charge is 0.140 e. The lowest BCUT2D eigenvalue weighted by Gasteiger charge is -2.28. The first kappa shape index (κ1) is 27.8. The van der Waals surface area contributed by atoms with Crippen molar-refractivity contribution in [2.24, 2.45) is 0 Å². The van der Waals surface area contributed by atoms with Crippen LogP contribution in [0.3, 0.4) is 0 Å². The molecule has 0 bridgehead atoms. The number of hydrogen-bond acceptors (Lipinski definition) is 8. The minimum Gasteiger partial charge on any atom is -0.378 e. The van der Waals surface area contributed by atoms with Crippen LogP contribution >= 0.6 is 0 Å². The SMILES string of the molecule is C[Si](C)(C)CCOCn1nc(-c2ccnc(N3CCOCC3)c2)c2cc(-c3ccnc(N4CCOCC4)c3)ccc21. The molecule has 9 nitrogen and oxygen atoms in total. The van der Waals surface area contributed by atoms with Crippen LogP contribution in [0.2, 0.25) is 25.7 Å². The van der Waals surface area contributed by atoms with E-state index in [1.165, 1.54) is 0 Å². The fraction of sp³-hybridized carbons (Fsp3) is 0.452. The average Bonchev–Trinajstić information content (AvgIpc) is 3.38. The molecule has 2 aliphatic rings. The Hall–Kier alpha value is -3.31. The predicted molar refractivity (Wildman–Crippen MR) is 166 cm³/mol. The van der Waals surface area contributed by atoms with Crippen LogP contribution in [0.15, 0.2) is 54.9 Å². The molecule has 3 aromatic heterocycles. The monoisotopic (exact) mass is 572 g/mol. The molecule has 4 aromatic rings. The van der Waals surface area contributed by atoms with E-state index in [1.807, 2.05) is 17.1 Å². The third-order valence-corrected chi connectivity index (χ3v) is 9.43. The van der Waals surface area contributed by atoms with E-state index in [4.69, 9.17) is 19.3 Å². The van der Waals surface area contributed by atoms with E-state index in [9.17, 15) is 0 Å². The number of hydrogen-bond donors (Lipinski definition) is 0. The van der Waals surface area contributed by atoms with E-state index >= 15 is 0 Å². The van der Waals surface area contributed by atoms with Gasteiger partial charge in [-0.3, -0.25) is 0 Å². The third-order valence-electron chi connectivity index (χ3n) is 7.73. The summed E-state index contributed by atoms with van der Waals surface area (Å²) in [6, 6.07) is 16.2. The minimum atomic E-state index is -1.17. The molecule has 41 heavy (non-hydrogen) atoms. The van der Waals surface area contributed by atoms with Gasteiger partial charge in [-0.15, -0.1) is 0 Å². The number of rotatable bonds is 9. The Morgan fingerprint density at radius 1 is 0.756 bits per heavy atom. The van der Waals surface area contributed by atoms with Crippen molar-refractivity contribution in [2.75, 3.05) is 69.0 Å². The van der Waals surface area contributed by atoms with E-state index in [0.717, 1.165) is 110 Å². The molecule has 10 heteroatoms. The maximum absolute atomic E-state index is 6.15. The zero-order valence-electron chi connectivity index (χ0n) is 24.4. The van der Waals surface area contributed by atoms with Gasteiger partial charge in [0.1, 0.15) is 24.1 Å². The van der Waals surface area contributed by atoms with Gasteiger partial charge in [-0.1, -0.05) is 25.7 Å². The molecule has 2 aliphatic heterocycles. The number of ether oxygens (including phenoxy) is 3. The van der Waals surface area contributed by atoms with Crippen LogP contribution in [0.25, 0.3) is 33.3 Å². The summed E-state index contributed by atoms with van der Waals surface area (Å²) in [7, 11) is -1.17. The van der Waals surface area contributed by atoms with E-state index < -0.39 is 8.07 Å². The lowest BCUT2D eigenvalue weighted by molar-refractivity contribution is 0.0818. The summed E-state index contributed by atoms with van der Waals surface area (Å²) in [4.78, 5) is 13.9. The Morgan fingerprint density at radius 3 is 1.98 bits per heavy atom. The zero-order valence-corrected chi connectivity index (χ0v) is 25.4. The fourth-order valence-corrected chi connectivity index (χ4v) is 6.05. The summed E-state index contributed by atoms with van der Waals surface area (Å²) in [6.07, 6.45) is 3.79. The van der Waals surface area contributed by atoms with Gasteiger partial charge >= 0.3 is 0 Å². The van der Waals surface area contributed by atoms with Crippen molar-refractivity contribution < 1.29 is 14.2 Å². The highest BCUT2D eigenvalue weighted by Crippen LogP contribution is 2.34. The van der Waals surface area contributed by atoms with Crippen molar-refractivity contribution >= 4 is 30.6 Å². The van der Waals surface area contributed by atoms with E-state index in [0.29, 0.717) is 6.73 Å². The largest absolute Gasteiger partial charge is 0.378 e. The summed E-state index contributed by atoms with van der Waals surface area (Å²) in [5, 5.41) is 6.20. The maximum Gasteiger partial charge on any atom is 0.140 e. The maximum atomic E-state index is 6.15. The molecule has 0 radical (unpaired) electrons. The van der Waals surface area contributed by atoms with Gasteiger partial charge in [0.05, 0.1) is 31.9 Å². The second kappa shape index (κ2) is 12.3. The van der Waals surface area contributed by atoms with Crippen molar-refractivity contribution in [3.8, 4) is 22.4 Å². The Morgan fingerprint density at radius 2 is 1.34 bits per heavy atom. The number of pyridine rings is 2. The van der Waals surface area contributed by atoms with Gasteiger partial charge < -0.3 is 24.0 Å². The van der Waals surface area contributed by atoms with Crippen LogP contribution in [0.4, 0.5) is 11.6 Å². The lowest BCUT2D eigenvalue weighted by Crippen LogP contribution is -2.36. The van der Waals surface area contributed by atoms with Crippen LogP contribution in [-0.2, 0) is 20.9 Å². The van der Waals surface area contributed by atoms with Gasteiger partial charge in [-0.2, -0.15) is 5.10 Å². The van der Waals surface area contributed by atoms with Gasteiger partial charge in [-0.05, 0) is 53.6 Å². The Labute approximate surface area is 243 Å². The second-order valence-electron chi connectivity index (χ2n) is 11.9. The molecule has 5 heterocycles. The standard InChI is InChI=1S/C31H40N6O3Si/c1-41(2,3)19-18-40-23-37-28-5-4-24(25-6-8-32-29(21-25)35-10-14-38-15-11-35)20-27(28)31(34-37)26-7-9-33-30(22-26)36-12-16-39-17-13-36/h4-9,20-22H,10-19,23H2,1-3H3. The number of morpholine rings is 2. The van der Waals surface area contributed by atoms with Crippen molar-refractivity contribution in [1.29, 1.82) is 0 Å². The summed E-state index contributed by atoms with van der Waals surface area (Å²) in [5.74, 6) is 1.95. The fourth-order valence-electron chi connectivity index (χ4n) is 5.29. The summed E-state index contributed by atoms with van der Waals surface area (Å²) < 4.78 is 19.2. The zero-order chi connectivity index (χ0) is 28.2. The van der Waals surface area contributed by atoms with Crippen LogP contribution in [0.1, 0.15) is 0 Å². The van der Waals surface area contributed by atoms with Gasteiger partial charge in [-0.25, -0.2) is 14.6 Å². The second-order valence-corrected chi connectivity index (χ2v) is 17.6. The molecule has 0 unspecified atom stereocenters. The van der Waals surface area contributed by atoms with Crippen molar-refractivity contribution in [1.82, 2.24) is 19.7 Å². The summed E-state index contributed by atoms with van der Waals surface area (Å²) >= 11 is 0. The molecule has 216 valence electrons. The van der Waals surface area contributed by atoms with Crippen molar-refractivity contribution in [2.45, 2.75) is 32.4 Å². The number of fused-ring (bicyclic) bond motifs is 1. The van der Waals surface area contributed by atoms with Crippen molar-refractivity contribution in [3.63, 3.8) is 0 Å². The number of anilines is 2. The first-order chi connectivity index (χ1) is 19.9. The van der Waals surface area contributed by atoms with Gasteiger partial charge in [0, 0.05) is 64.2 Å². The molecule has 1 aromatic carbocycles. The van der Waals surface area contributed by atoms with Gasteiger partial charge in [0.25, 0.3) is 0 Å². The molecular formula is C31H40N6O3Si. The van der Waals surface area contributed by atoms with Crippen LogP contribution in [0.5, 0.6) is 0 Å². The van der Waals surface area contributed by atoms with Gasteiger partial charge in [0.15, 0.2) is 0 Å². The summed E-state index contributed by atoms with van der Waals surface area (Å²) in [6.45, 7) is 14.6.